The van der Waals surface area contributed by atoms with Gasteiger partial charge in [-0.05, 0) is 25.0 Å². The summed E-state index contributed by atoms with van der Waals surface area (Å²) in [5.41, 5.74) is 4.93. The van der Waals surface area contributed by atoms with Gasteiger partial charge >= 0.3 is 0 Å². The molecule has 1 aliphatic rings. The first-order valence-corrected chi connectivity index (χ1v) is 9.95. The first kappa shape index (κ1) is 23.0. The first-order chi connectivity index (χ1) is 15.1. The molecule has 0 radical (unpaired) electrons. The number of allylic oxidation sites excluding steroid dienone is 2. The molecule has 1 aromatic heterocycles. The molecule has 4 N–H and O–H groups in total. The SMILES string of the molecule is CC(=O)/C(=C/C(=N)c1ncc(F)c(N(C)CC2(C(N)=O)CC2)n1)NCc1ccccc1F. The third kappa shape index (κ3) is 5.13. The highest BCUT2D eigenvalue weighted by Gasteiger charge is 2.49. The number of nitrogens with one attached hydrogen (secondary N) is 2. The lowest BCUT2D eigenvalue weighted by Crippen LogP contribution is -2.36. The van der Waals surface area contributed by atoms with E-state index in [4.69, 9.17) is 11.1 Å². The Morgan fingerprint density at radius 2 is 1.97 bits per heavy atom. The Morgan fingerprint density at radius 1 is 1.28 bits per heavy atom. The van der Waals surface area contributed by atoms with E-state index in [1.54, 1.807) is 25.2 Å². The fourth-order valence-electron chi connectivity index (χ4n) is 3.24. The molecule has 0 spiro atoms. The number of hydrogen-bond acceptors (Lipinski definition) is 7. The van der Waals surface area contributed by atoms with Gasteiger partial charge in [-0.15, -0.1) is 0 Å². The lowest BCUT2D eigenvalue weighted by atomic mass is 10.1. The zero-order chi connectivity index (χ0) is 23.5. The van der Waals surface area contributed by atoms with E-state index in [-0.39, 0.29) is 41.9 Å². The molecule has 8 nitrogen and oxygen atoms in total. The monoisotopic (exact) mass is 442 g/mol. The van der Waals surface area contributed by atoms with E-state index in [9.17, 15) is 18.4 Å². The van der Waals surface area contributed by atoms with Crippen LogP contribution >= 0.6 is 0 Å². The number of nitrogens with two attached hydrogens (primary N) is 1. The van der Waals surface area contributed by atoms with Crippen LogP contribution in [0.5, 0.6) is 0 Å². The molecule has 0 bridgehead atoms. The highest BCUT2D eigenvalue weighted by atomic mass is 19.1. The highest BCUT2D eigenvalue weighted by Crippen LogP contribution is 2.46. The van der Waals surface area contributed by atoms with E-state index in [2.05, 4.69) is 15.3 Å². The Kier molecular flexibility index (Phi) is 6.61. The van der Waals surface area contributed by atoms with E-state index in [1.807, 2.05) is 0 Å². The number of carbonyl (C=O) groups excluding carboxylic acids is 2. The van der Waals surface area contributed by atoms with E-state index < -0.39 is 23.0 Å². The summed E-state index contributed by atoms with van der Waals surface area (Å²) in [6, 6.07) is 6.12. The predicted octanol–water partition coefficient (Wildman–Crippen LogP) is 2.09. The molecule has 3 rings (SSSR count). The first-order valence-electron chi connectivity index (χ1n) is 9.95. The topological polar surface area (TPSA) is 125 Å². The second-order valence-electron chi connectivity index (χ2n) is 7.84. The number of halogens is 2. The third-order valence-electron chi connectivity index (χ3n) is 5.34. The number of benzene rings is 1. The second kappa shape index (κ2) is 9.21. The van der Waals surface area contributed by atoms with Crippen molar-refractivity contribution in [1.82, 2.24) is 15.3 Å². The summed E-state index contributed by atoms with van der Waals surface area (Å²) < 4.78 is 28.2. The van der Waals surface area contributed by atoms with Crippen molar-refractivity contribution in [2.24, 2.45) is 11.1 Å². The lowest BCUT2D eigenvalue weighted by molar-refractivity contribution is -0.122. The van der Waals surface area contributed by atoms with Crippen LogP contribution in [0.1, 0.15) is 31.2 Å². The van der Waals surface area contributed by atoms with Crippen molar-refractivity contribution >= 4 is 23.2 Å². The largest absolute Gasteiger partial charge is 0.378 e. The summed E-state index contributed by atoms with van der Waals surface area (Å²) in [7, 11) is 1.58. The normalized spacial score (nSPS) is 14.6. The molecule has 1 saturated carbocycles. The molecule has 0 aliphatic heterocycles. The molecule has 1 amide bonds. The Balaban J connectivity index is 1.78. The van der Waals surface area contributed by atoms with Crippen molar-refractivity contribution in [3.63, 3.8) is 0 Å². The van der Waals surface area contributed by atoms with Crippen molar-refractivity contribution in [2.45, 2.75) is 26.3 Å². The Hall–Kier alpha value is -3.69. The van der Waals surface area contributed by atoms with Gasteiger partial charge in [0.2, 0.25) is 5.91 Å². The van der Waals surface area contributed by atoms with Crippen LogP contribution < -0.4 is 16.0 Å². The predicted molar refractivity (Wildman–Crippen MR) is 115 cm³/mol. The van der Waals surface area contributed by atoms with Gasteiger partial charge in [0.25, 0.3) is 0 Å². The van der Waals surface area contributed by atoms with Gasteiger partial charge < -0.3 is 16.0 Å². The molecule has 1 aromatic carbocycles. The molecule has 168 valence electrons. The van der Waals surface area contributed by atoms with E-state index in [0.717, 1.165) is 6.20 Å². The average Bonchev–Trinajstić information content (AvgIpc) is 3.52. The number of Topliss-reactive ketones (excluding diaryl/α,β-unsaturated/α-hetero) is 1. The average molecular weight is 442 g/mol. The number of hydrogen-bond donors (Lipinski definition) is 3. The maximum Gasteiger partial charge on any atom is 0.225 e. The fourth-order valence-corrected chi connectivity index (χ4v) is 3.24. The highest BCUT2D eigenvalue weighted by molar-refractivity contribution is 6.09. The number of rotatable bonds is 10. The van der Waals surface area contributed by atoms with Crippen molar-refractivity contribution in [2.75, 3.05) is 18.5 Å². The lowest BCUT2D eigenvalue weighted by Gasteiger charge is -2.23. The smallest absolute Gasteiger partial charge is 0.225 e. The number of primary amides is 1. The van der Waals surface area contributed by atoms with Gasteiger partial charge in [-0.2, -0.15) is 0 Å². The fraction of sp³-hybridized carbons (Fsp3) is 0.318. The molecular formula is C22H24F2N6O2. The maximum atomic E-state index is 14.3. The maximum absolute atomic E-state index is 14.3. The van der Waals surface area contributed by atoms with Crippen molar-refractivity contribution < 1.29 is 18.4 Å². The number of nitrogens with zero attached hydrogens (tertiary/aromatic N) is 3. The molecule has 0 atom stereocenters. The number of carbonyl (C=O) groups is 2. The standard InChI is InChI=1S/C22H24F2N6O2/c1-13(31)18(27-10-14-5-3-4-6-15(14)23)9-17(25)19-28-11-16(24)20(29-19)30(2)12-22(7-8-22)21(26)32/h3-6,9,11,25,27H,7-8,10,12H2,1-2H3,(H2,26,32)/b18-9-,25-17?. The minimum Gasteiger partial charge on any atom is -0.378 e. The van der Waals surface area contributed by atoms with Crippen LogP contribution in [0.25, 0.3) is 0 Å². The number of amides is 1. The van der Waals surface area contributed by atoms with Crippen LogP contribution in [-0.2, 0) is 16.1 Å². The molecule has 0 unspecified atom stereocenters. The van der Waals surface area contributed by atoms with Gasteiger partial charge in [0.1, 0.15) is 11.5 Å². The minimum atomic E-state index is -0.710. The Bertz CT molecular complexity index is 1100. The number of ketones is 1. The van der Waals surface area contributed by atoms with Crippen molar-refractivity contribution in [3.05, 3.63) is 65.3 Å². The van der Waals surface area contributed by atoms with Crippen LogP contribution in [0.2, 0.25) is 0 Å². The molecule has 10 heteroatoms. The van der Waals surface area contributed by atoms with Crippen LogP contribution in [0.3, 0.4) is 0 Å². The molecule has 1 aliphatic carbocycles. The van der Waals surface area contributed by atoms with Crippen molar-refractivity contribution in [3.8, 4) is 0 Å². The quantitative estimate of drug-likeness (QED) is 0.382. The van der Waals surface area contributed by atoms with Gasteiger partial charge in [-0.1, -0.05) is 18.2 Å². The molecule has 2 aromatic rings. The second-order valence-corrected chi connectivity index (χ2v) is 7.84. The van der Waals surface area contributed by atoms with Crippen LogP contribution in [0.4, 0.5) is 14.6 Å². The number of aromatic nitrogens is 2. The van der Waals surface area contributed by atoms with Crippen LogP contribution in [-0.4, -0.2) is 41.0 Å². The van der Waals surface area contributed by atoms with Gasteiger partial charge in [0.15, 0.2) is 23.2 Å². The van der Waals surface area contributed by atoms with Crippen LogP contribution in [0, 0.1) is 22.5 Å². The summed E-state index contributed by atoms with van der Waals surface area (Å²) in [5.74, 6) is -2.13. The van der Waals surface area contributed by atoms with E-state index in [1.165, 1.54) is 24.0 Å². The summed E-state index contributed by atoms with van der Waals surface area (Å²) in [5, 5.41) is 11.1. The summed E-state index contributed by atoms with van der Waals surface area (Å²) in [6.07, 6.45) is 3.40. The third-order valence-corrected chi connectivity index (χ3v) is 5.34. The summed E-state index contributed by atoms with van der Waals surface area (Å²) in [4.78, 5) is 33.1. The summed E-state index contributed by atoms with van der Waals surface area (Å²) >= 11 is 0. The van der Waals surface area contributed by atoms with Gasteiger partial charge in [-0.3, -0.25) is 15.0 Å². The molecular weight excluding hydrogens is 418 g/mol. The van der Waals surface area contributed by atoms with E-state index in [0.29, 0.717) is 18.4 Å². The molecule has 0 saturated heterocycles. The zero-order valence-corrected chi connectivity index (χ0v) is 17.8. The van der Waals surface area contributed by atoms with Gasteiger partial charge in [0.05, 0.1) is 17.3 Å². The zero-order valence-electron chi connectivity index (χ0n) is 17.8. The van der Waals surface area contributed by atoms with Gasteiger partial charge in [-0.25, -0.2) is 18.7 Å². The van der Waals surface area contributed by atoms with E-state index >= 15 is 0 Å². The molecule has 1 heterocycles. The van der Waals surface area contributed by atoms with Gasteiger partial charge in [0, 0.05) is 32.6 Å². The van der Waals surface area contributed by atoms with Crippen LogP contribution in [0.15, 0.2) is 42.2 Å². The molecule has 1 fully saturated rings. The minimum absolute atomic E-state index is 0.0405. The molecule has 32 heavy (non-hydrogen) atoms. The summed E-state index contributed by atoms with van der Waals surface area (Å²) in [6.45, 7) is 1.54. The van der Waals surface area contributed by atoms with Crippen molar-refractivity contribution in [1.29, 1.82) is 5.41 Å². The number of anilines is 1. The Morgan fingerprint density at radius 3 is 2.56 bits per heavy atom. The Labute approximate surface area is 184 Å².